The maximum atomic E-state index is 13.5. The van der Waals surface area contributed by atoms with Crippen molar-refractivity contribution < 1.29 is 9.18 Å². The van der Waals surface area contributed by atoms with Crippen molar-refractivity contribution in [2.45, 2.75) is 17.9 Å². The van der Waals surface area contributed by atoms with Crippen molar-refractivity contribution in [2.75, 3.05) is 44.1 Å². The normalized spacial score (nSPS) is 11.2. The van der Waals surface area contributed by atoms with Crippen molar-refractivity contribution in [1.82, 2.24) is 24.8 Å². The molecule has 0 bridgehead atoms. The summed E-state index contributed by atoms with van der Waals surface area (Å²) >= 11 is 2.30. The maximum absolute atomic E-state index is 13.5. The molecule has 8 nitrogen and oxygen atoms in total. The molecule has 2 heterocycles. The Morgan fingerprint density at radius 1 is 1.05 bits per heavy atom. The molecule has 4 aromatic rings. The summed E-state index contributed by atoms with van der Waals surface area (Å²) in [6.45, 7) is 4.43. The molecule has 2 N–H and O–H groups in total. The molecule has 10 heteroatoms. The van der Waals surface area contributed by atoms with Crippen LogP contribution in [-0.2, 0) is 11.0 Å². The quantitative estimate of drug-likeness (QED) is 0.102. The van der Waals surface area contributed by atoms with Gasteiger partial charge in [-0.05, 0) is 67.2 Å². The maximum Gasteiger partial charge on any atom is 0.255 e. The van der Waals surface area contributed by atoms with Crippen LogP contribution in [0.3, 0.4) is 0 Å². The van der Waals surface area contributed by atoms with E-state index in [0.29, 0.717) is 30.3 Å². The molecule has 0 saturated heterocycles. The van der Waals surface area contributed by atoms with Crippen molar-refractivity contribution in [3.05, 3.63) is 95.9 Å². The summed E-state index contributed by atoms with van der Waals surface area (Å²) in [7, 11) is 2.02. The number of carbonyl (C=O) groups excluding carboxylic acids is 1. The van der Waals surface area contributed by atoms with Crippen molar-refractivity contribution in [3.8, 4) is 11.3 Å². The van der Waals surface area contributed by atoms with E-state index < -0.39 is 6.80 Å². The Labute approximate surface area is 248 Å². The van der Waals surface area contributed by atoms with Crippen LogP contribution >= 0.6 is 22.6 Å². The van der Waals surface area contributed by atoms with Gasteiger partial charge < -0.3 is 15.5 Å². The van der Waals surface area contributed by atoms with E-state index in [1.54, 1.807) is 35.6 Å². The molecule has 0 aliphatic carbocycles. The van der Waals surface area contributed by atoms with E-state index in [0.717, 1.165) is 45.6 Å². The first-order valence-corrected chi connectivity index (χ1v) is 14.6. The number of pyridine rings is 1. The highest BCUT2D eigenvalue weighted by Gasteiger charge is 2.12. The summed E-state index contributed by atoms with van der Waals surface area (Å²) in [4.78, 5) is 30.1. The number of carbonyl (C=O) groups is 1. The molecule has 0 saturated carbocycles. The molecule has 208 valence electrons. The number of amides is 1. The fourth-order valence-electron chi connectivity index (χ4n) is 3.98. The molecule has 4 rings (SSSR count). The predicted octanol–water partition coefficient (Wildman–Crippen LogP) is 6.15. The van der Waals surface area contributed by atoms with E-state index in [1.165, 1.54) is 0 Å². The van der Waals surface area contributed by atoms with Crippen molar-refractivity contribution in [3.63, 3.8) is 0 Å². The molecule has 0 aliphatic rings. The van der Waals surface area contributed by atoms with Crippen LogP contribution in [0.5, 0.6) is 0 Å². The lowest BCUT2D eigenvalue weighted by atomic mass is 10.1. The zero-order chi connectivity index (χ0) is 28.3. The Hall–Kier alpha value is -3.48. The second kappa shape index (κ2) is 14.8. The summed E-state index contributed by atoms with van der Waals surface area (Å²) in [6, 6.07) is 18.7. The monoisotopic (exact) mass is 653 g/mol. The first kappa shape index (κ1) is 29.5. The predicted molar refractivity (Wildman–Crippen MR) is 167 cm³/mol. The van der Waals surface area contributed by atoms with Gasteiger partial charge in [0.2, 0.25) is 5.95 Å². The van der Waals surface area contributed by atoms with Gasteiger partial charge in [-0.25, -0.2) is 14.4 Å². The Kier molecular flexibility index (Phi) is 10.9. The number of likely N-dealkylation sites (N-methyl/N-ethyl adjacent to an activating group) is 1. The topological polar surface area (TPSA) is 86.3 Å². The van der Waals surface area contributed by atoms with Crippen molar-refractivity contribution in [1.29, 1.82) is 0 Å². The van der Waals surface area contributed by atoms with Gasteiger partial charge in [0.25, 0.3) is 5.91 Å². The first-order valence-electron chi connectivity index (χ1n) is 13.1. The molecule has 0 spiro atoms. The molecule has 0 aliphatic heterocycles. The van der Waals surface area contributed by atoms with Crippen LogP contribution in [0.1, 0.15) is 28.4 Å². The zero-order valence-electron chi connectivity index (χ0n) is 22.6. The van der Waals surface area contributed by atoms with Crippen LogP contribution in [-0.4, -0.2) is 64.1 Å². The van der Waals surface area contributed by atoms with E-state index in [4.69, 9.17) is 0 Å². The average Bonchev–Trinajstić information content (AvgIpc) is 3.00. The molecule has 1 amide bonds. The number of nitrogens with zero attached hydrogens (tertiary/aromatic N) is 5. The molecular weight excluding hydrogens is 620 g/mol. The Morgan fingerprint density at radius 3 is 2.58 bits per heavy atom. The molecule has 40 heavy (non-hydrogen) atoms. The van der Waals surface area contributed by atoms with Crippen LogP contribution in [0.4, 0.5) is 21.7 Å². The van der Waals surface area contributed by atoms with Gasteiger partial charge in [-0.3, -0.25) is 14.7 Å². The summed E-state index contributed by atoms with van der Waals surface area (Å²) in [6.07, 6.45) is 5.18. The lowest BCUT2D eigenvalue weighted by Gasteiger charge is -2.22. The number of hydrogen-bond acceptors (Lipinski definition) is 7. The number of nitrogens with one attached hydrogen (secondary N) is 2. The molecule has 0 radical (unpaired) electrons. The highest BCUT2D eigenvalue weighted by molar-refractivity contribution is 14.1. The smallest absolute Gasteiger partial charge is 0.255 e. The largest absolute Gasteiger partial charge is 0.324 e. The summed E-state index contributed by atoms with van der Waals surface area (Å²) in [5.41, 5.74) is 5.66. The van der Waals surface area contributed by atoms with Crippen LogP contribution in [0.15, 0.2) is 79.3 Å². The number of anilines is 3. The fraction of sp³-hybridized carbons (Fsp3) is 0.267. The van der Waals surface area contributed by atoms with Gasteiger partial charge >= 0.3 is 0 Å². The number of hydrogen-bond donors (Lipinski definition) is 2. The van der Waals surface area contributed by atoms with Crippen LogP contribution < -0.4 is 10.6 Å². The van der Waals surface area contributed by atoms with E-state index in [-0.39, 0.29) is 5.91 Å². The molecular formula is C30H33FIN7O. The van der Waals surface area contributed by atoms with Crippen LogP contribution in [0, 0.1) is 0 Å². The molecule has 2 aromatic carbocycles. The van der Waals surface area contributed by atoms with Crippen molar-refractivity contribution in [2.24, 2.45) is 0 Å². The van der Waals surface area contributed by atoms with Gasteiger partial charge in [-0.2, -0.15) is 0 Å². The molecule has 0 atom stereocenters. The number of halogens is 2. The standard InChI is InChI=1S/C30H33FIN7O/c1-3-38(2)15-16-39(21-31)20-22-6-8-23(9-7-22)29(40)35-26-11-10-24(18-32)28(17-26)37-30-34-14-12-27(36-30)25-5-4-13-33-19-25/h4-14,17,19H,3,15-16,18,20-21H2,1-2H3,(H,35,40)(H,34,36,37). The second-order valence-electron chi connectivity index (χ2n) is 9.36. The van der Waals surface area contributed by atoms with Gasteiger partial charge in [0, 0.05) is 65.2 Å². The summed E-state index contributed by atoms with van der Waals surface area (Å²) in [5.74, 6) is 0.233. The Balaban J connectivity index is 1.42. The number of benzene rings is 2. The summed E-state index contributed by atoms with van der Waals surface area (Å²) < 4.78 is 14.3. The average molecular weight is 654 g/mol. The molecule has 2 aromatic heterocycles. The van der Waals surface area contributed by atoms with Gasteiger partial charge in [0.05, 0.1) is 5.69 Å². The third kappa shape index (κ3) is 8.26. The minimum atomic E-state index is -0.512. The Bertz CT molecular complexity index is 1390. The fourth-order valence-corrected chi connectivity index (χ4v) is 4.64. The first-order chi connectivity index (χ1) is 19.5. The van der Waals surface area contributed by atoms with E-state index in [9.17, 15) is 9.18 Å². The number of aromatic nitrogens is 3. The molecule has 0 unspecified atom stereocenters. The SMILES string of the molecule is CCN(C)CCN(CF)Cc1ccc(C(=O)Nc2ccc(CI)c(Nc3nccc(-c4cccnc4)n3)c2)cc1. The number of rotatable bonds is 13. The van der Waals surface area contributed by atoms with E-state index in [1.807, 2.05) is 55.6 Å². The van der Waals surface area contributed by atoms with Gasteiger partial charge in [-0.1, -0.05) is 47.7 Å². The second-order valence-corrected chi connectivity index (χ2v) is 10.1. The third-order valence-corrected chi connectivity index (χ3v) is 7.32. The number of alkyl halides is 2. The molecule has 0 fully saturated rings. The van der Waals surface area contributed by atoms with Gasteiger partial charge in [0.1, 0.15) is 6.80 Å². The van der Waals surface area contributed by atoms with Crippen LogP contribution in [0.2, 0.25) is 0 Å². The highest BCUT2D eigenvalue weighted by atomic mass is 127. The lowest BCUT2D eigenvalue weighted by Crippen LogP contribution is -2.32. The van der Waals surface area contributed by atoms with Crippen molar-refractivity contribution >= 4 is 45.8 Å². The van der Waals surface area contributed by atoms with E-state index >= 15 is 0 Å². The zero-order valence-corrected chi connectivity index (χ0v) is 24.8. The Morgan fingerprint density at radius 2 is 1.88 bits per heavy atom. The van der Waals surface area contributed by atoms with Crippen LogP contribution in [0.25, 0.3) is 11.3 Å². The minimum Gasteiger partial charge on any atom is -0.324 e. The lowest BCUT2D eigenvalue weighted by molar-refractivity contribution is 0.102. The van der Waals surface area contributed by atoms with Gasteiger partial charge in [-0.15, -0.1) is 0 Å². The van der Waals surface area contributed by atoms with E-state index in [2.05, 4.69) is 60.0 Å². The highest BCUT2D eigenvalue weighted by Crippen LogP contribution is 2.27. The summed E-state index contributed by atoms with van der Waals surface area (Å²) in [5, 5.41) is 6.28. The van der Waals surface area contributed by atoms with Gasteiger partial charge in [0.15, 0.2) is 0 Å². The minimum absolute atomic E-state index is 0.221. The third-order valence-electron chi connectivity index (χ3n) is 6.50.